The molecule has 0 aliphatic carbocycles. The van der Waals surface area contributed by atoms with Gasteiger partial charge in [-0.15, -0.1) is 0 Å². The van der Waals surface area contributed by atoms with Crippen molar-refractivity contribution in [2.45, 2.75) is 25.3 Å². The molecule has 122 valence electrons. The van der Waals surface area contributed by atoms with E-state index in [2.05, 4.69) is 16.0 Å². The molecule has 0 bridgehead atoms. The summed E-state index contributed by atoms with van der Waals surface area (Å²) in [6, 6.07) is 9.98. The standard InChI is InChI=1S/C18H20Cl2N2O/c19-15-6-3-7-16(20)18(15)23-12-11-22-10-2-1-8-17(22)14-5-4-9-21-13-14/h3-7,9,13,17H,1-2,8,10-12H2. The van der Waals surface area contributed by atoms with Crippen molar-refractivity contribution in [1.29, 1.82) is 0 Å². The van der Waals surface area contributed by atoms with Crippen LogP contribution in [0.2, 0.25) is 10.0 Å². The van der Waals surface area contributed by atoms with E-state index in [-0.39, 0.29) is 0 Å². The zero-order chi connectivity index (χ0) is 16.1. The van der Waals surface area contributed by atoms with Crippen molar-refractivity contribution in [3.63, 3.8) is 0 Å². The van der Waals surface area contributed by atoms with Gasteiger partial charge in [0.05, 0.1) is 10.0 Å². The molecule has 0 radical (unpaired) electrons. The van der Waals surface area contributed by atoms with Crippen LogP contribution in [-0.2, 0) is 0 Å². The number of piperidine rings is 1. The maximum atomic E-state index is 6.14. The van der Waals surface area contributed by atoms with E-state index >= 15 is 0 Å². The van der Waals surface area contributed by atoms with E-state index in [0.29, 0.717) is 28.4 Å². The smallest absolute Gasteiger partial charge is 0.156 e. The second-order valence-corrected chi connectivity index (χ2v) is 6.55. The molecule has 1 atom stereocenters. The summed E-state index contributed by atoms with van der Waals surface area (Å²) in [5.74, 6) is 0.575. The Morgan fingerprint density at radius 1 is 1.13 bits per heavy atom. The third-order valence-electron chi connectivity index (χ3n) is 4.23. The number of hydrogen-bond acceptors (Lipinski definition) is 3. The SMILES string of the molecule is Clc1cccc(Cl)c1OCCN1CCCCC1c1cccnc1. The number of benzene rings is 1. The minimum atomic E-state index is 0.419. The molecule has 3 rings (SSSR count). The fourth-order valence-corrected chi connectivity index (χ4v) is 3.60. The Balaban J connectivity index is 1.62. The van der Waals surface area contributed by atoms with Crippen LogP contribution < -0.4 is 4.74 Å². The number of hydrogen-bond donors (Lipinski definition) is 0. The molecule has 5 heteroatoms. The van der Waals surface area contributed by atoms with Crippen LogP contribution >= 0.6 is 23.2 Å². The van der Waals surface area contributed by atoms with Crippen LogP contribution in [0, 0.1) is 0 Å². The third-order valence-corrected chi connectivity index (χ3v) is 4.82. The minimum absolute atomic E-state index is 0.419. The molecule has 0 saturated carbocycles. The van der Waals surface area contributed by atoms with Gasteiger partial charge in [-0.1, -0.05) is 41.8 Å². The lowest BCUT2D eigenvalue weighted by Gasteiger charge is -2.35. The van der Waals surface area contributed by atoms with E-state index in [4.69, 9.17) is 27.9 Å². The summed E-state index contributed by atoms with van der Waals surface area (Å²) in [5, 5.41) is 1.11. The summed E-state index contributed by atoms with van der Waals surface area (Å²) >= 11 is 12.3. The van der Waals surface area contributed by atoms with Crippen molar-refractivity contribution in [1.82, 2.24) is 9.88 Å². The van der Waals surface area contributed by atoms with Gasteiger partial charge in [0.25, 0.3) is 0 Å². The van der Waals surface area contributed by atoms with Gasteiger partial charge in [0.2, 0.25) is 0 Å². The number of likely N-dealkylation sites (tertiary alicyclic amines) is 1. The highest BCUT2D eigenvalue weighted by atomic mass is 35.5. The van der Waals surface area contributed by atoms with Crippen LogP contribution in [-0.4, -0.2) is 29.6 Å². The van der Waals surface area contributed by atoms with E-state index in [9.17, 15) is 0 Å². The molecule has 0 amide bonds. The molecular formula is C18H20Cl2N2O. The van der Waals surface area contributed by atoms with Crippen LogP contribution in [0.25, 0.3) is 0 Å². The Morgan fingerprint density at radius 2 is 1.96 bits per heavy atom. The van der Waals surface area contributed by atoms with Crippen molar-refractivity contribution < 1.29 is 4.74 Å². The number of ether oxygens (including phenoxy) is 1. The van der Waals surface area contributed by atoms with Gasteiger partial charge in [0.15, 0.2) is 5.75 Å². The van der Waals surface area contributed by atoms with Crippen molar-refractivity contribution in [2.75, 3.05) is 19.7 Å². The maximum absolute atomic E-state index is 6.14. The maximum Gasteiger partial charge on any atom is 0.156 e. The van der Waals surface area contributed by atoms with Crippen molar-refractivity contribution in [3.8, 4) is 5.75 Å². The van der Waals surface area contributed by atoms with E-state index in [1.54, 1.807) is 12.1 Å². The predicted molar refractivity (Wildman–Crippen MR) is 94.4 cm³/mol. The average molecular weight is 351 g/mol. The van der Waals surface area contributed by atoms with Gasteiger partial charge in [-0.2, -0.15) is 0 Å². The number of rotatable bonds is 5. The highest BCUT2D eigenvalue weighted by molar-refractivity contribution is 6.37. The van der Waals surface area contributed by atoms with Gasteiger partial charge in [-0.3, -0.25) is 9.88 Å². The lowest BCUT2D eigenvalue weighted by atomic mass is 9.96. The highest BCUT2D eigenvalue weighted by Crippen LogP contribution is 2.33. The molecule has 3 nitrogen and oxygen atoms in total. The summed E-state index contributed by atoms with van der Waals surface area (Å²) in [4.78, 5) is 6.72. The summed E-state index contributed by atoms with van der Waals surface area (Å²) in [5.41, 5.74) is 1.28. The first kappa shape index (κ1) is 16.6. The number of pyridine rings is 1. The van der Waals surface area contributed by atoms with E-state index in [1.807, 2.05) is 24.5 Å². The van der Waals surface area contributed by atoms with Crippen LogP contribution in [0.5, 0.6) is 5.75 Å². The van der Waals surface area contributed by atoms with Gasteiger partial charge in [0, 0.05) is 25.0 Å². The number of halogens is 2. The van der Waals surface area contributed by atoms with Crippen LogP contribution in [0.15, 0.2) is 42.7 Å². The molecule has 0 N–H and O–H groups in total. The zero-order valence-corrected chi connectivity index (χ0v) is 14.4. The Kier molecular flexibility index (Phi) is 5.76. The molecule has 2 heterocycles. The molecule has 1 fully saturated rings. The molecule has 2 aromatic rings. The summed E-state index contributed by atoms with van der Waals surface area (Å²) < 4.78 is 5.83. The topological polar surface area (TPSA) is 25.4 Å². The summed E-state index contributed by atoms with van der Waals surface area (Å²) in [7, 11) is 0. The number of aromatic nitrogens is 1. The van der Waals surface area contributed by atoms with E-state index in [0.717, 1.165) is 13.1 Å². The Bertz CT molecular complexity index is 616. The van der Waals surface area contributed by atoms with E-state index < -0.39 is 0 Å². The van der Waals surface area contributed by atoms with Gasteiger partial charge >= 0.3 is 0 Å². The van der Waals surface area contributed by atoms with E-state index in [1.165, 1.54) is 24.8 Å². The largest absolute Gasteiger partial charge is 0.489 e. The molecule has 1 aliphatic rings. The van der Waals surface area contributed by atoms with Crippen LogP contribution in [0.3, 0.4) is 0 Å². The first-order chi connectivity index (χ1) is 11.3. The Hall–Kier alpha value is -1.29. The second kappa shape index (κ2) is 8.00. The van der Waals surface area contributed by atoms with Gasteiger partial charge < -0.3 is 4.74 Å². The minimum Gasteiger partial charge on any atom is -0.489 e. The average Bonchev–Trinajstić information content (AvgIpc) is 2.59. The Morgan fingerprint density at radius 3 is 2.70 bits per heavy atom. The molecule has 1 aromatic heterocycles. The first-order valence-corrected chi connectivity index (χ1v) is 8.72. The van der Waals surface area contributed by atoms with Gasteiger partial charge in [-0.05, 0) is 43.1 Å². The zero-order valence-electron chi connectivity index (χ0n) is 12.9. The van der Waals surface area contributed by atoms with Gasteiger partial charge in [0.1, 0.15) is 6.61 Å². The molecule has 0 spiro atoms. The molecule has 1 unspecified atom stereocenters. The highest BCUT2D eigenvalue weighted by Gasteiger charge is 2.23. The molecule has 1 aromatic carbocycles. The second-order valence-electron chi connectivity index (χ2n) is 5.73. The fourth-order valence-electron chi connectivity index (χ4n) is 3.09. The summed E-state index contributed by atoms with van der Waals surface area (Å²) in [6.07, 6.45) is 7.43. The molecule has 1 aliphatic heterocycles. The van der Waals surface area contributed by atoms with Gasteiger partial charge in [-0.25, -0.2) is 0 Å². The third kappa shape index (κ3) is 4.17. The van der Waals surface area contributed by atoms with Crippen molar-refractivity contribution >= 4 is 23.2 Å². The lowest BCUT2D eigenvalue weighted by Crippen LogP contribution is -2.36. The number of nitrogens with zero attached hydrogens (tertiary/aromatic N) is 2. The number of para-hydroxylation sites is 1. The Labute approximate surface area is 147 Å². The normalized spacial score (nSPS) is 18.8. The quantitative estimate of drug-likeness (QED) is 0.758. The molecular weight excluding hydrogens is 331 g/mol. The first-order valence-electron chi connectivity index (χ1n) is 7.96. The monoisotopic (exact) mass is 350 g/mol. The molecule has 1 saturated heterocycles. The van der Waals surface area contributed by atoms with Crippen molar-refractivity contribution in [2.24, 2.45) is 0 Å². The molecule has 23 heavy (non-hydrogen) atoms. The lowest BCUT2D eigenvalue weighted by molar-refractivity contribution is 0.123. The van der Waals surface area contributed by atoms with Crippen molar-refractivity contribution in [3.05, 3.63) is 58.3 Å². The van der Waals surface area contributed by atoms with Crippen LogP contribution in [0.1, 0.15) is 30.9 Å². The van der Waals surface area contributed by atoms with Crippen LogP contribution in [0.4, 0.5) is 0 Å². The summed E-state index contributed by atoms with van der Waals surface area (Å²) in [6.45, 7) is 2.50. The predicted octanol–water partition coefficient (Wildman–Crippen LogP) is 4.99. The fraction of sp³-hybridized carbons (Fsp3) is 0.389.